The molecule has 0 unspecified atom stereocenters. The van der Waals surface area contributed by atoms with Crippen LogP contribution in [0.2, 0.25) is 0 Å². The second-order valence-electron chi connectivity index (χ2n) is 6.00. The maximum atomic E-state index is 13.3. The average molecular weight is 353 g/mol. The van der Waals surface area contributed by atoms with Crippen LogP contribution in [0.1, 0.15) is 29.8 Å². The lowest BCUT2D eigenvalue weighted by Crippen LogP contribution is -2.25. The van der Waals surface area contributed by atoms with Gasteiger partial charge in [0.05, 0.1) is 0 Å². The highest BCUT2D eigenvalue weighted by Gasteiger charge is 2.21. The molecule has 8 heteroatoms. The van der Waals surface area contributed by atoms with Crippen molar-refractivity contribution in [3.05, 3.63) is 60.6 Å². The second kappa shape index (κ2) is 6.91. The first-order chi connectivity index (χ1) is 12.7. The molecule has 1 saturated carbocycles. The summed E-state index contributed by atoms with van der Waals surface area (Å²) in [5.74, 6) is -0.294. The third kappa shape index (κ3) is 3.53. The van der Waals surface area contributed by atoms with E-state index < -0.39 is 11.7 Å². The van der Waals surface area contributed by atoms with Gasteiger partial charge in [0, 0.05) is 24.1 Å². The van der Waals surface area contributed by atoms with Crippen LogP contribution in [0.4, 0.5) is 10.1 Å². The molecule has 1 aliphatic rings. The maximum Gasteiger partial charge on any atom is 0.274 e. The number of imidazole rings is 1. The molecule has 0 aliphatic heterocycles. The van der Waals surface area contributed by atoms with E-state index in [9.17, 15) is 9.18 Å². The molecule has 1 fully saturated rings. The minimum absolute atomic E-state index is 0.111. The summed E-state index contributed by atoms with van der Waals surface area (Å²) in [6.45, 7) is 0. The molecule has 1 aliphatic carbocycles. The van der Waals surface area contributed by atoms with Crippen LogP contribution in [-0.4, -0.2) is 31.5 Å². The Kier molecular flexibility index (Phi) is 4.30. The first-order valence-corrected chi connectivity index (χ1v) is 8.28. The van der Waals surface area contributed by atoms with Crippen molar-refractivity contribution >= 4 is 11.6 Å². The van der Waals surface area contributed by atoms with E-state index in [2.05, 4.69) is 20.3 Å². The standard InChI is InChI=1S/C18H16FN5O2/c19-12-3-1-4-13(9-12)21-17(25)15-10-16(26-14-5-2-6-14)23-18(22-15)24-8-7-20-11-24/h1,3-4,7-11,14H,2,5-6H2,(H,21,25). The Morgan fingerprint density at radius 3 is 2.85 bits per heavy atom. The third-order valence-electron chi connectivity index (χ3n) is 4.08. The fourth-order valence-electron chi connectivity index (χ4n) is 2.50. The molecule has 3 aromatic rings. The van der Waals surface area contributed by atoms with Gasteiger partial charge in [0.25, 0.3) is 5.91 Å². The molecule has 0 radical (unpaired) electrons. The highest BCUT2D eigenvalue weighted by molar-refractivity contribution is 6.03. The Morgan fingerprint density at radius 2 is 2.15 bits per heavy atom. The summed E-state index contributed by atoms with van der Waals surface area (Å²) in [4.78, 5) is 25.2. The number of carbonyl (C=O) groups excluding carboxylic acids is 1. The zero-order chi connectivity index (χ0) is 17.9. The summed E-state index contributed by atoms with van der Waals surface area (Å²) in [7, 11) is 0. The van der Waals surface area contributed by atoms with E-state index in [4.69, 9.17) is 4.74 Å². The van der Waals surface area contributed by atoms with Gasteiger partial charge in [-0.2, -0.15) is 4.98 Å². The summed E-state index contributed by atoms with van der Waals surface area (Å²) in [6, 6.07) is 7.16. The molecule has 1 N–H and O–H groups in total. The molecule has 0 bridgehead atoms. The number of carbonyl (C=O) groups is 1. The van der Waals surface area contributed by atoms with Gasteiger partial charge in [-0.05, 0) is 37.5 Å². The molecule has 132 valence electrons. The second-order valence-corrected chi connectivity index (χ2v) is 6.00. The number of halogens is 1. The molecule has 2 heterocycles. The summed E-state index contributed by atoms with van der Waals surface area (Å²) in [5, 5.41) is 2.63. The highest BCUT2D eigenvalue weighted by atomic mass is 19.1. The molecule has 26 heavy (non-hydrogen) atoms. The molecule has 0 atom stereocenters. The quantitative estimate of drug-likeness (QED) is 0.762. The van der Waals surface area contributed by atoms with E-state index in [-0.39, 0.29) is 17.7 Å². The SMILES string of the molecule is O=C(Nc1cccc(F)c1)c1cc(OC2CCC2)nc(-n2ccnc2)n1. The highest BCUT2D eigenvalue weighted by Crippen LogP contribution is 2.25. The zero-order valence-electron chi connectivity index (χ0n) is 13.8. The van der Waals surface area contributed by atoms with Crippen LogP contribution in [0, 0.1) is 5.82 Å². The number of ether oxygens (including phenoxy) is 1. The number of aromatic nitrogens is 4. The lowest BCUT2D eigenvalue weighted by molar-refractivity contribution is 0.101. The van der Waals surface area contributed by atoms with Crippen molar-refractivity contribution in [2.45, 2.75) is 25.4 Å². The third-order valence-corrected chi connectivity index (χ3v) is 4.08. The van der Waals surface area contributed by atoms with Crippen molar-refractivity contribution in [2.24, 2.45) is 0 Å². The molecule has 0 spiro atoms. The topological polar surface area (TPSA) is 81.9 Å². The number of benzene rings is 1. The number of nitrogens with one attached hydrogen (secondary N) is 1. The number of hydrogen-bond donors (Lipinski definition) is 1. The van der Waals surface area contributed by atoms with Crippen molar-refractivity contribution in [3.8, 4) is 11.8 Å². The molecular formula is C18H16FN5O2. The van der Waals surface area contributed by atoms with E-state index in [1.54, 1.807) is 23.0 Å². The van der Waals surface area contributed by atoms with Gasteiger partial charge >= 0.3 is 0 Å². The monoisotopic (exact) mass is 353 g/mol. The van der Waals surface area contributed by atoms with E-state index in [0.29, 0.717) is 11.6 Å². The number of amides is 1. The number of hydrogen-bond acceptors (Lipinski definition) is 5. The molecule has 0 saturated heterocycles. The van der Waals surface area contributed by atoms with Crippen molar-refractivity contribution in [2.75, 3.05) is 5.32 Å². The van der Waals surface area contributed by atoms with E-state index in [1.165, 1.54) is 30.6 Å². The number of rotatable bonds is 5. The molecule has 2 aromatic heterocycles. The van der Waals surface area contributed by atoms with Crippen LogP contribution < -0.4 is 10.1 Å². The van der Waals surface area contributed by atoms with E-state index in [1.807, 2.05) is 0 Å². The average Bonchev–Trinajstić information content (AvgIpc) is 3.13. The smallest absolute Gasteiger partial charge is 0.274 e. The first kappa shape index (κ1) is 16.2. The minimum Gasteiger partial charge on any atom is -0.474 e. The van der Waals surface area contributed by atoms with Crippen LogP contribution >= 0.6 is 0 Å². The molecule has 7 nitrogen and oxygen atoms in total. The Morgan fingerprint density at radius 1 is 1.27 bits per heavy atom. The largest absolute Gasteiger partial charge is 0.474 e. The van der Waals surface area contributed by atoms with Gasteiger partial charge in [-0.15, -0.1) is 0 Å². The summed E-state index contributed by atoms with van der Waals surface area (Å²) < 4.78 is 20.7. The Bertz CT molecular complexity index is 925. The molecule has 4 rings (SSSR count). The van der Waals surface area contributed by atoms with Crippen LogP contribution in [0.5, 0.6) is 5.88 Å². The van der Waals surface area contributed by atoms with Gasteiger partial charge in [-0.25, -0.2) is 14.4 Å². The van der Waals surface area contributed by atoms with Crippen LogP contribution in [0.3, 0.4) is 0 Å². The van der Waals surface area contributed by atoms with Crippen molar-refractivity contribution in [1.82, 2.24) is 19.5 Å². The maximum absolute atomic E-state index is 13.3. The lowest BCUT2D eigenvalue weighted by atomic mass is 9.96. The van der Waals surface area contributed by atoms with Crippen molar-refractivity contribution in [3.63, 3.8) is 0 Å². The summed E-state index contributed by atoms with van der Waals surface area (Å²) in [5.41, 5.74) is 0.474. The lowest BCUT2D eigenvalue weighted by Gasteiger charge is -2.25. The molecular weight excluding hydrogens is 337 g/mol. The summed E-state index contributed by atoms with van der Waals surface area (Å²) >= 11 is 0. The Balaban J connectivity index is 1.63. The fourth-order valence-corrected chi connectivity index (χ4v) is 2.50. The number of nitrogens with zero attached hydrogens (tertiary/aromatic N) is 4. The van der Waals surface area contributed by atoms with Gasteiger partial charge in [-0.1, -0.05) is 6.07 Å². The predicted molar refractivity (Wildman–Crippen MR) is 91.8 cm³/mol. The van der Waals surface area contributed by atoms with Crippen LogP contribution in [0.25, 0.3) is 5.95 Å². The van der Waals surface area contributed by atoms with Gasteiger partial charge in [-0.3, -0.25) is 9.36 Å². The van der Waals surface area contributed by atoms with Gasteiger partial charge in [0.1, 0.15) is 23.9 Å². The summed E-state index contributed by atoms with van der Waals surface area (Å²) in [6.07, 6.45) is 7.98. The molecule has 1 aromatic carbocycles. The van der Waals surface area contributed by atoms with Crippen LogP contribution in [0.15, 0.2) is 49.1 Å². The van der Waals surface area contributed by atoms with Crippen molar-refractivity contribution < 1.29 is 13.9 Å². The van der Waals surface area contributed by atoms with Gasteiger partial charge in [0.2, 0.25) is 11.8 Å². The van der Waals surface area contributed by atoms with Gasteiger partial charge < -0.3 is 10.1 Å². The minimum atomic E-state index is -0.474. The Labute approximate surface area is 148 Å². The normalized spacial score (nSPS) is 13.9. The first-order valence-electron chi connectivity index (χ1n) is 8.28. The molecule has 1 amide bonds. The Hall–Kier alpha value is -3.29. The van der Waals surface area contributed by atoms with Crippen molar-refractivity contribution in [1.29, 1.82) is 0 Å². The fraction of sp³-hybridized carbons (Fsp3) is 0.222. The van der Waals surface area contributed by atoms with Gasteiger partial charge in [0.15, 0.2) is 0 Å². The predicted octanol–water partition coefficient (Wildman–Crippen LogP) is 2.99. The zero-order valence-corrected chi connectivity index (χ0v) is 13.8. The number of anilines is 1. The van der Waals surface area contributed by atoms with E-state index >= 15 is 0 Å². The van der Waals surface area contributed by atoms with Crippen LogP contribution in [-0.2, 0) is 0 Å². The van der Waals surface area contributed by atoms with E-state index in [0.717, 1.165) is 19.3 Å².